The molecule has 1 amide bonds. The molecule has 3 rings (SSSR count). The van der Waals surface area contributed by atoms with Crippen molar-refractivity contribution in [1.82, 2.24) is 10.2 Å². The van der Waals surface area contributed by atoms with Gasteiger partial charge in [0.1, 0.15) is 6.54 Å². The summed E-state index contributed by atoms with van der Waals surface area (Å²) >= 11 is 14.7. The number of halogens is 2. The highest BCUT2D eigenvalue weighted by Crippen LogP contribution is 2.29. The van der Waals surface area contributed by atoms with Crippen LogP contribution >= 0.6 is 46.3 Å². The van der Waals surface area contributed by atoms with E-state index in [1.165, 1.54) is 53.4 Å². The number of anilines is 2. The van der Waals surface area contributed by atoms with E-state index < -0.39 is 22.5 Å². The van der Waals surface area contributed by atoms with E-state index in [1.54, 1.807) is 18.2 Å². The largest absolute Gasteiger partial charge is 0.299 e. The summed E-state index contributed by atoms with van der Waals surface area (Å²) in [7, 11) is -4.07. The molecule has 164 valence electrons. The SMILES string of the molecule is CC(C)Sc1nnc(NC(=O)CN(c2cccc(Cl)c2)S(=O)(=O)c2ccc(Cl)cc2)s1. The second-order valence-corrected chi connectivity index (χ2v) is 12.1. The van der Waals surface area contributed by atoms with Crippen LogP contribution in [0.1, 0.15) is 13.8 Å². The molecule has 0 unspecified atom stereocenters. The van der Waals surface area contributed by atoms with E-state index >= 15 is 0 Å². The average Bonchev–Trinajstić information content (AvgIpc) is 3.12. The second-order valence-electron chi connectivity index (χ2n) is 6.53. The van der Waals surface area contributed by atoms with Crippen molar-refractivity contribution in [3.05, 3.63) is 58.6 Å². The molecule has 1 N–H and O–H groups in total. The van der Waals surface area contributed by atoms with Gasteiger partial charge < -0.3 is 0 Å². The van der Waals surface area contributed by atoms with Crippen molar-refractivity contribution in [3.63, 3.8) is 0 Å². The summed E-state index contributed by atoms with van der Waals surface area (Å²) in [6, 6.07) is 12.0. The summed E-state index contributed by atoms with van der Waals surface area (Å²) in [6.07, 6.45) is 0. The maximum absolute atomic E-state index is 13.3. The molecule has 0 aliphatic heterocycles. The number of benzene rings is 2. The van der Waals surface area contributed by atoms with Gasteiger partial charge in [-0.25, -0.2) is 8.42 Å². The van der Waals surface area contributed by atoms with Crippen LogP contribution in [0.2, 0.25) is 10.0 Å². The number of hydrogen-bond donors (Lipinski definition) is 1. The lowest BCUT2D eigenvalue weighted by Crippen LogP contribution is -2.38. The molecular formula is C19H18Cl2N4O3S3. The molecule has 0 fully saturated rings. The van der Waals surface area contributed by atoms with E-state index in [0.717, 1.165) is 4.31 Å². The van der Waals surface area contributed by atoms with Crippen molar-refractivity contribution in [2.24, 2.45) is 0 Å². The quantitative estimate of drug-likeness (QED) is 0.327. The maximum atomic E-state index is 13.3. The number of aromatic nitrogens is 2. The maximum Gasteiger partial charge on any atom is 0.264 e. The third-order valence-corrected chi connectivity index (χ3v) is 7.98. The highest BCUT2D eigenvalue weighted by Gasteiger charge is 2.28. The Morgan fingerprint density at radius 3 is 2.48 bits per heavy atom. The van der Waals surface area contributed by atoms with Gasteiger partial charge in [-0.3, -0.25) is 14.4 Å². The van der Waals surface area contributed by atoms with Gasteiger partial charge in [0, 0.05) is 15.3 Å². The van der Waals surface area contributed by atoms with Crippen molar-refractivity contribution in [2.75, 3.05) is 16.2 Å². The van der Waals surface area contributed by atoms with Crippen LogP contribution in [-0.4, -0.2) is 36.3 Å². The fraction of sp³-hybridized carbons (Fsp3) is 0.211. The Hall–Kier alpha value is -1.85. The third kappa shape index (κ3) is 6.33. The number of nitrogens with zero attached hydrogens (tertiary/aromatic N) is 3. The third-order valence-electron chi connectivity index (χ3n) is 3.77. The molecule has 0 aliphatic rings. The molecule has 2 aromatic carbocycles. The Bertz CT molecular complexity index is 1170. The minimum absolute atomic E-state index is 0.00351. The van der Waals surface area contributed by atoms with Crippen LogP contribution in [0, 0.1) is 0 Å². The number of thioether (sulfide) groups is 1. The van der Waals surface area contributed by atoms with Crippen LogP contribution in [0.4, 0.5) is 10.8 Å². The normalized spacial score (nSPS) is 11.5. The molecule has 0 saturated heterocycles. The Labute approximate surface area is 198 Å². The van der Waals surface area contributed by atoms with Gasteiger partial charge in [0.25, 0.3) is 10.0 Å². The fourth-order valence-corrected chi connectivity index (χ4v) is 6.19. The van der Waals surface area contributed by atoms with Gasteiger partial charge in [0.2, 0.25) is 11.0 Å². The zero-order valence-corrected chi connectivity index (χ0v) is 20.4. The molecule has 3 aromatic rings. The Kier molecular flexibility index (Phi) is 7.82. The standard InChI is InChI=1S/C19H18Cl2N4O3S3/c1-12(2)29-19-24-23-18(30-19)22-17(26)11-25(15-5-3-4-14(21)10-15)31(27,28)16-8-6-13(20)7-9-16/h3-10,12H,11H2,1-2H3,(H,22,23,26). The molecule has 31 heavy (non-hydrogen) atoms. The predicted molar refractivity (Wildman–Crippen MR) is 127 cm³/mol. The fourth-order valence-electron chi connectivity index (χ4n) is 2.48. The van der Waals surface area contributed by atoms with Crippen LogP contribution in [0.3, 0.4) is 0 Å². The number of hydrogen-bond acceptors (Lipinski definition) is 7. The molecule has 0 aliphatic carbocycles. The molecule has 0 saturated carbocycles. The van der Waals surface area contributed by atoms with E-state index in [1.807, 2.05) is 13.8 Å². The number of carbonyl (C=O) groups is 1. The van der Waals surface area contributed by atoms with E-state index in [2.05, 4.69) is 15.5 Å². The Morgan fingerprint density at radius 2 is 1.84 bits per heavy atom. The lowest BCUT2D eigenvalue weighted by molar-refractivity contribution is -0.114. The van der Waals surface area contributed by atoms with Gasteiger partial charge in [-0.15, -0.1) is 10.2 Å². The van der Waals surface area contributed by atoms with Crippen LogP contribution in [0.15, 0.2) is 57.8 Å². The molecule has 0 spiro atoms. The molecule has 0 bridgehead atoms. The van der Waals surface area contributed by atoms with Crippen LogP contribution in [0.5, 0.6) is 0 Å². The van der Waals surface area contributed by atoms with Crippen LogP contribution in [-0.2, 0) is 14.8 Å². The van der Waals surface area contributed by atoms with Gasteiger partial charge in [0.05, 0.1) is 10.6 Å². The van der Waals surface area contributed by atoms with Crippen LogP contribution < -0.4 is 9.62 Å². The zero-order valence-electron chi connectivity index (χ0n) is 16.5. The molecule has 0 radical (unpaired) electrons. The number of rotatable bonds is 8. The molecule has 1 aromatic heterocycles. The Balaban J connectivity index is 1.87. The number of carbonyl (C=O) groups excluding carboxylic acids is 1. The zero-order chi connectivity index (χ0) is 22.6. The summed E-state index contributed by atoms with van der Waals surface area (Å²) < 4.78 is 28.3. The van der Waals surface area contributed by atoms with Gasteiger partial charge in [-0.2, -0.15) is 0 Å². The average molecular weight is 517 g/mol. The van der Waals surface area contributed by atoms with Crippen LogP contribution in [0.25, 0.3) is 0 Å². The Morgan fingerprint density at radius 1 is 1.13 bits per heavy atom. The minimum Gasteiger partial charge on any atom is -0.299 e. The minimum atomic E-state index is -4.07. The number of nitrogens with one attached hydrogen (secondary N) is 1. The summed E-state index contributed by atoms with van der Waals surface area (Å²) in [5.74, 6) is -0.560. The summed E-state index contributed by atoms with van der Waals surface area (Å²) in [4.78, 5) is 12.7. The van der Waals surface area contributed by atoms with E-state index in [4.69, 9.17) is 23.2 Å². The topological polar surface area (TPSA) is 92.3 Å². The monoisotopic (exact) mass is 516 g/mol. The van der Waals surface area contributed by atoms with Gasteiger partial charge in [-0.1, -0.05) is 66.2 Å². The molecule has 0 atom stereocenters. The van der Waals surface area contributed by atoms with Crippen molar-refractivity contribution in [2.45, 2.75) is 28.3 Å². The summed E-state index contributed by atoms with van der Waals surface area (Å²) in [5.41, 5.74) is 0.255. The smallest absolute Gasteiger partial charge is 0.264 e. The van der Waals surface area contributed by atoms with Gasteiger partial charge >= 0.3 is 0 Å². The first kappa shape index (κ1) is 23.8. The molecule has 7 nitrogen and oxygen atoms in total. The molecular weight excluding hydrogens is 499 g/mol. The number of sulfonamides is 1. The van der Waals surface area contributed by atoms with E-state index in [-0.39, 0.29) is 10.6 Å². The van der Waals surface area contributed by atoms with Crippen molar-refractivity contribution < 1.29 is 13.2 Å². The van der Waals surface area contributed by atoms with Gasteiger partial charge in [0.15, 0.2) is 4.34 Å². The van der Waals surface area contributed by atoms with Crippen molar-refractivity contribution in [3.8, 4) is 0 Å². The second kappa shape index (κ2) is 10.2. The highest BCUT2D eigenvalue weighted by molar-refractivity contribution is 8.01. The lowest BCUT2D eigenvalue weighted by atomic mass is 10.3. The lowest BCUT2D eigenvalue weighted by Gasteiger charge is -2.24. The first-order chi connectivity index (χ1) is 14.6. The van der Waals surface area contributed by atoms with Crippen molar-refractivity contribution in [1.29, 1.82) is 0 Å². The first-order valence-electron chi connectivity index (χ1n) is 8.99. The molecule has 1 heterocycles. The van der Waals surface area contributed by atoms with Gasteiger partial charge in [-0.05, 0) is 42.5 Å². The van der Waals surface area contributed by atoms with E-state index in [9.17, 15) is 13.2 Å². The molecule has 12 heteroatoms. The van der Waals surface area contributed by atoms with E-state index in [0.29, 0.717) is 24.8 Å². The first-order valence-corrected chi connectivity index (χ1v) is 12.9. The predicted octanol–water partition coefficient (Wildman–Crippen LogP) is 5.18. The summed E-state index contributed by atoms with van der Waals surface area (Å²) in [6.45, 7) is 3.57. The summed E-state index contributed by atoms with van der Waals surface area (Å²) in [5, 5.41) is 11.9. The number of amides is 1. The highest BCUT2D eigenvalue weighted by atomic mass is 35.5. The van der Waals surface area contributed by atoms with Crippen molar-refractivity contribution >= 4 is 73.0 Å².